The molecule has 8 heteroatoms. The van der Waals surface area contributed by atoms with Gasteiger partial charge < -0.3 is 19.5 Å². The molecule has 3 rings (SSSR count). The SMILES string of the molecule is CCNC(=O)c1cn(C(C)CC)cc(C(=O)N2CCOc3ccc(Cl)cc3C2)c1=O. The first-order valence-electron chi connectivity index (χ1n) is 10.1. The Morgan fingerprint density at radius 3 is 2.67 bits per heavy atom. The summed E-state index contributed by atoms with van der Waals surface area (Å²) in [5.74, 6) is -0.243. The van der Waals surface area contributed by atoms with Crippen molar-refractivity contribution in [2.24, 2.45) is 0 Å². The van der Waals surface area contributed by atoms with E-state index in [0.717, 1.165) is 12.0 Å². The Balaban J connectivity index is 2.03. The molecule has 2 amide bonds. The molecule has 30 heavy (non-hydrogen) atoms. The second kappa shape index (κ2) is 9.34. The fourth-order valence-electron chi connectivity index (χ4n) is 3.34. The number of nitrogens with one attached hydrogen (secondary N) is 1. The van der Waals surface area contributed by atoms with Crippen molar-refractivity contribution in [2.75, 3.05) is 19.7 Å². The average Bonchev–Trinajstić information content (AvgIpc) is 2.94. The molecule has 1 N–H and O–H groups in total. The molecule has 0 fully saturated rings. The number of halogens is 1. The Morgan fingerprint density at radius 1 is 1.23 bits per heavy atom. The summed E-state index contributed by atoms with van der Waals surface area (Å²) < 4.78 is 7.49. The summed E-state index contributed by atoms with van der Waals surface area (Å²) in [7, 11) is 0. The molecule has 1 aliphatic rings. The van der Waals surface area contributed by atoms with Crippen LogP contribution in [0.5, 0.6) is 5.75 Å². The second-order valence-corrected chi connectivity index (χ2v) is 7.74. The smallest absolute Gasteiger partial charge is 0.259 e. The highest BCUT2D eigenvalue weighted by atomic mass is 35.5. The number of hydrogen-bond acceptors (Lipinski definition) is 4. The molecule has 0 spiro atoms. The standard InChI is InChI=1S/C22H26ClN3O4/c1-4-14(3)26-12-17(21(28)24-5-2)20(27)18(13-26)22(29)25-8-9-30-19-7-6-16(23)10-15(19)11-25/h6-7,10,12-14H,4-5,8-9,11H2,1-3H3,(H,24,28). The number of fused-ring (bicyclic) bond motifs is 1. The average molecular weight is 432 g/mol. The molecule has 160 valence electrons. The van der Waals surface area contributed by atoms with Crippen molar-refractivity contribution in [3.63, 3.8) is 0 Å². The van der Waals surface area contributed by atoms with Gasteiger partial charge >= 0.3 is 0 Å². The zero-order chi connectivity index (χ0) is 21.8. The molecule has 1 aromatic carbocycles. The first-order valence-corrected chi connectivity index (χ1v) is 10.5. The molecule has 1 aromatic heterocycles. The van der Waals surface area contributed by atoms with E-state index in [0.29, 0.717) is 30.5 Å². The lowest BCUT2D eigenvalue weighted by Gasteiger charge is -2.22. The third kappa shape index (κ3) is 4.51. The lowest BCUT2D eigenvalue weighted by molar-refractivity contribution is 0.0730. The Bertz CT molecular complexity index is 1020. The Hall–Kier alpha value is -2.80. The molecule has 7 nitrogen and oxygen atoms in total. The van der Waals surface area contributed by atoms with Crippen LogP contribution in [-0.2, 0) is 6.54 Å². The van der Waals surface area contributed by atoms with Crippen molar-refractivity contribution in [3.8, 4) is 5.75 Å². The van der Waals surface area contributed by atoms with E-state index in [9.17, 15) is 14.4 Å². The van der Waals surface area contributed by atoms with Crippen LogP contribution in [0.1, 0.15) is 59.5 Å². The van der Waals surface area contributed by atoms with Crippen molar-refractivity contribution < 1.29 is 14.3 Å². The molecule has 1 unspecified atom stereocenters. The van der Waals surface area contributed by atoms with Gasteiger partial charge in [-0.15, -0.1) is 0 Å². The topological polar surface area (TPSA) is 80.6 Å². The zero-order valence-corrected chi connectivity index (χ0v) is 18.2. The second-order valence-electron chi connectivity index (χ2n) is 7.31. The first kappa shape index (κ1) is 21.9. The predicted octanol–water partition coefficient (Wildman–Crippen LogP) is 3.26. The van der Waals surface area contributed by atoms with E-state index in [2.05, 4.69) is 5.32 Å². The summed E-state index contributed by atoms with van der Waals surface area (Å²) in [6, 6.07) is 5.29. The van der Waals surface area contributed by atoms with Gasteiger partial charge in [-0.1, -0.05) is 18.5 Å². The van der Waals surface area contributed by atoms with Crippen molar-refractivity contribution >= 4 is 23.4 Å². The minimum Gasteiger partial charge on any atom is -0.491 e. The molecular weight excluding hydrogens is 406 g/mol. The van der Waals surface area contributed by atoms with Gasteiger partial charge in [0.2, 0.25) is 5.43 Å². The maximum atomic E-state index is 13.4. The number of hydrogen-bond donors (Lipinski definition) is 1. The lowest BCUT2D eigenvalue weighted by atomic mass is 10.1. The predicted molar refractivity (Wildman–Crippen MR) is 115 cm³/mol. The van der Waals surface area contributed by atoms with Crippen LogP contribution in [-0.4, -0.2) is 41.0 Å². The van der Waals surface area contributed by atoms with Crippen LogP contribution in [0.3, 0.4) is 0 Å². The summed E-state index contributed by atoms with van der Waals surface area (Å²) in [4.78, 5) is 40.4. The largest absolute Gasteiger partial charge is 0.491 e. The van der Waals surface area contributed by atoms with Gasteiger partial charge in [-0.25, -0.2) is 0 Å². The van der Waals surface area contributed by atoms with Crippen LogP contribution in [0.4, 0.5) is 0 Å². The number of carbonyl (C=O) groups excluding carboxylic acids is 2. The van der Waals surface area contributed by atoms with E-state index in [4.69, 9.17) is 16.3 Å². The zero-order valence-electron chi connectivity index (χ0n) is 17.4. The van der Waals surface area contributed by atoms with E-state index in [1.165, 1.54) is 6.20 Å². The summed E-state index contributed by atoms with van der Waals surface area (Å²) in [5.41, 5.74) is 0.152. The maximum Gasteiger partial charge on any atom is 0.259 e. The third-order valence-electron chi connectivity index (χ3n) is 5.25. The summed E-state index contributed by atoms with van der Waals surface area (Å²) in [6.07, 6.45) is 3.86. The number of rotatable bonds is 5. The molecule has 2 aromatic rings. The van der Waals surface area contributed by atoms with Crippen LogP contribution in [0.2, 0.25) is 5.02 Å². The Kier molecular flexibility index (Phi) is 6.82. The van der Waals surface area contributed by atoms with E-state index in [1.807, 2.05) is 13.8 Å². The first-order chi connectivity index (χ1) is 14.3. The van der Waals surface area contributed by atoms with E-state index in [-0.39, 0.29) is 23.7 Å². The summed E-state index contributed by atoms with van der Waals surface area (Å²) in [5, 5.41) is 3.20. The molecule has 0 aliphatic carbocycles. The van der Waals surface area contributed by atoms with Crippen LogP contribution in [0.25, 0.3) is 0 Å². The minimum atomic E-state index is -0.568. The molecule has 0 bridgehead atoms. The fourth-order valence-corrected chi connectivity index (χ4v) is 3.53. The van der Waals surface area contributed by atoms with Crippen molar-refractivity contribution in [1.82, 2.24) is 14.8 Å². The quantitative estimate of drug-likeness (QED) is 0.787. The number of benzene rings is 1. The number of aromatic nitrogens is 1. The van der Waals surface area contributed by atoms with E-state index < -0.39 is 17.2 Å². The van der Waals surface area contributed by atoms with Crippen LogP contribution >= 0.6 is 11.6 Å². The van der Waals surface area contributed by atoms with Crippen LogP contribution in [0, 0.1) is 0 Å². The van der Waals surface area contributed by atoms with Crippen LogP contribution in [0.15, 0.2) is 35.4 Å². The van der Waals surface area contributed by atoms with Gasteiger partial charge in [0, 0.05) is 42.1 Å². The van der Waals surface area contributed by atoms with Gasteiger partial charge in [-0.05, 0) is 38.5 Å². The Morgan fingerprint density at radius 2 is 1.97 bits per heavy atom. The van der Waals surface area contributed by atoms with Gasteiger partial charge in [0.1, 0.15) is 23.5 Å². The highest BCUT2D eigenvalue weighted by Gasteiger charge is 2.26. The third-order valence-corrected chi connectivity index (χ3v) is 5.48. The molecule has 0 saturated heterocycles. The van der Waals surface area contributed by atoms with Gasteiger partial charge in [0.05, 0.1) is 6.54 Å². The highest BCUT2D eigenvalue weighted by molar-refractivity contribution is 6.30. The van der Waals surface area contributed by atoms with Crippen molar-refractivity contribution in [1.29, 1.82) is 0 Å². The summed E-state index contributed by atoms with van der Waals surface area (Å²) in [6.45, 7) is 7.03. The fraction of sp³-hybridized carbons (Fsp3) is 0.409. The number of pyridine rings is 1. The molecule has 1 aliphatic heterocycles. The molecule has 0 saturated carbocycles. The lowest BCUT2D eigenvalue weighted by Crippen LogP contribution is -2.38. The monoisotopic (exact) mass is 431 g/mol. The number of carbonyl (C=O) groups is 2. The number of amides is 2. The summed E-state index contributed by atoms with van der Waals surface area (Å²) >= 11 is 6.10. The minimum absolute atomic E-state index is 0.0236. The maximum absolute atomic E-state index is 13.4. The van der Waals surface area contributed by atoms with Crippen molar-refractivity contribution in [2.45, 2.75) is 39.8 Å². The van der Waals surface area contributed by atoms with Crippen LogP contribution < -0.4 is 15.5 Å². The van der Waals surface area contributed by atoms with Gasteiger partial charge in [-0.2, -0.15) is 0 Å². The number of ether oxygens (including phenoxy) is 1. The molecule has 0 radical (unpaired) electrons. The normalized spacial score (nSPS) is 14.3. The van der Waals surface area contributed by atoms with Gasteiger partial charge in [0.15, 0.2) is 0 Å². The Labute approximate surface area is 180 Å². The molecular formula is C22H26ClN3O4. The molecule has 1 atom stereocenters. The van der Waals surface area contributed by atoms with Gasteiger partial charge in [-0.3, -0.25) is 14.4 Å². The molecule has 2 heterocycles. The number of nitrogens with zero attached hydrogens (tertiary/aromatic N) is 2. The van der Waals surface area contributed by atoms with Crippen molar-refractivity contribution in [3.05, 3.63) is 62.5 Å². The highest BCUT2D eigenvalue weighted by Crippen LogP contribution is 2.27. The van der Waals surface area contributed by atoms with Gasteiger partial charge in [0.25, 0.3) is 11.8 Å². The van der Waals surface area contributed by atoms with E-state index >= 15 is 0 Å². The van der Waals surface area contributed by atoms with E-state index in [1.54, 1.807) is 40.8 Å².